The smallest absolute Gasteiger partial charge is 0.334 e. The Kier molecular flexibility index (Phi) is 6.64. The minimum atomic E-state index is -0.624. The largest absolute Gasteiger partial charge is 0.368 e. The normalized spacial score (nSPS) is 14.4. The van der Waals surface area contributed by atoms with Crippen molar-refractivity contribution in [2.45, 2.75) is 58.0 Å². The molecule has 10 heteroatoms. The Morgan fingerprint density at radius 2 is 1.97 bits per heavy atom. The molecular weight excluding hydrogens is 471 g/mol. The van der Waals surface area contributed by atoms with E-state index in [0.717, 1.165) is 29.7 Å². The number of aromatic nitrogens is 7. The van der Waals surface area contributed by atoms with Crippen LogP contribution in [0.25, 0.3) is 17.2 Å². The van der Waals surface area contributed by atoms with Crippen molar-refractivity contribution in [3.8, 4) is 17.2 Å². The van der Waals surface area contributed by atoms with Crippen LogP contribution < -0.4 is 11.0 Å². The Hall–Kier alpha value is -4.21. The van der Waals surface area contributed by atoms with Gasteiger partial charge in [-0.25, -0.2) is 9.18 Å². The topological polar surface area (TPSA) is 98.4 Å². The summed E-state index contributed by atoms with van der Waals surface area (Å²) in [7, 11) is 0. The Morgan fingerprint density at radius 1 is 1.16 bits per heavy atom. The summed E-state index contributed by atoms with van der Waals surface area (Å²) in [6.45, 7) is 6.41. The van der Waals surface area contributed by atoms with Gasteiger partial charge in [0, 0.05) is 36.2 Å². The van der Waals surface area contributed by atoms with Gasteiger partial charge in [0.15, 0.2) is 11.6 Å². The number of rotatable bonds is 9. The molecule has 0 saturated carbocycles. The lowest BCUT2D eigenvalue weighted by molar-refractivity contribution is 0.492. The number of halogens is 1. The van der Waals surface area contributed by atoms with Gasteiger partial charge in [0.1, 0.15) is 0 Å². The molecule has 4 heterocycles. The molecule has 3 aromatic heterocycles. The third-order valence-electron chi connectivity index (χ3n) is 6.85. The van der Waals surface area contributed by atoms with Gasteiger partial charge in [-0.2, -0.15) is 5.21 Å². The molecule has 5 rings (SSSR count). The summed E-state index contributed by atoms with van der Waals surface area (Å²) in [5, 5.41) is 17.5. The number of tetrazole rings is 1. The number of nitrogens with zero attached hydrogens (tertiary/aromatic N) is 6. The minimum Gasteiger partial charge on any atom is -0.368 e. The molecule has 192 valence electrons. The van der Waals surface area contributed by atoms with E-state index in [0.29, 0.717) is 18.8 Å². The second-order valence-electron chi connectivity index (χ2n) is 9.64. The molecule has 0 amide bonds. The summed E-state index contributed by atoms with van der Waals surface area (Å²) in [4.78, 5) is 13.9. The van der Waals surface area contributed by atoms with Crippen molar-refractivity contribution < 1.29 is 4.39 Å². The SMILES string of the molecule is CCCCc1cn(-c2c(F)ccn2C(C)C)c(=O)n1CC1(c2cccc(-c3nn[nH]n3)c2)C=CNC=C1. The van der Waals surface area contributed by atoms with Crippen LogP contribution in [0.3, 0.4) is 0 Å². The molecule has 0 aliphatic carbocycles. The number of dihydropyridines is 1. The summed E-state index contributed by atoms with van der Waals surface area (Å²) < 4.78 is 20.0. The van der Waals surface area contributed by atoms with Crippen LogP contribution in [0.5, 0.6) is 0 Å². The second-order valence-corrected chi connectivity index (χ2v) is 9.64. The number of imidazole rings is 1. The van der Waals surface area contributed by atoms with Crippen LogP contribution >= 0.6 is 0 Å². The van der Waals surface area contributed by atoms with Gasteiger partial charge in [-0.1, -0.05) is 43.7 Å². The fraction of sp³-hybridized carbons (Fsp3) is 0.333. The van der Waals surface area contributed by atoms with Crippen molar-refractivity contribution in [2.24, 2.45) is 0 Å². The Bertz CT molecular complexity index is 1480. The third kappa shape index (κ3) is 4.54. The molecular formula is C27H31FN8O. The first kappa shape index (κ1) is 24.5. The van der Waals surface area contributed by atoms with Crippen molar-refractivity contribution in [3.63, 3.8) is 0 Å². The molecule has 2 N–H and O–H groups in total. The summed E-state index contributed by atoms with van der Waals surface area (Å²) >= 11 is 0. The van der Waals surface area contributed by atoms with Crippen molar-refractivity contribution in [2.75, 3.05) is 0 Å². The maximum Gasteiger partial charge on any atom is 0.334 e. The van der Waals surface area contributed by atoms with Crippen LogP contribution in [-0.2, 0) is 18.4 Å². The quantitative estimate of drug-likeness (QED) is 0.357. The van der Waals surface area contributed by atoms with E-state index < -0.39 is 11.2 Å². The lowest BCUT2D eigenvalue weighted by Crippen LogP contribution is -2.36. The summed E-state index contributed by atoms with van der Waals surface area (Å²) in [6.07, 6.45) is 14.0. The maximum atomic E-state index is 15.0. The van der Waals surface area contributed by atoms with E-state index in [2.05, 4.69) is 32.9 Å². The fourth-order valence-corrected chi connectivity index (χ4v) is 4.86. The van der Waals surface area contributed by atoms with Gasteiger partial charge < -0.3 is 9.88 Å². The highest BCUT2D eigenvalue weighted by Gasteiger charge is 2.32. The predicted molar refractivity (Wildman–Crippen MR) is 140 cm³/mol. The Balaban J connectivity index is 1.64. The highest BCUT2D eigenvalue weighted by Crippen LogP contribution is 2.34. The number of H-pyrrole nitrogens is 1. The molecule has 0 fully saturated rings. The number of nitrogens with one attached hydrogen (secondary N) is 2. The number of allylic oxidation sites excluding steroid dienone is 2. The van der Waals surface area contributed by atoms with Gasteiger partial charge in [-0.05, 0) is 62.0 Å². The zero-order chi connectivity index (χ0) is 26.0. The van der Waals surface area contributed by atoms with E-state index in [1.165, 1.54) is 10.6 Å². The molecule has 0 spiro atoms. The standard InChI is InChI=1S/C27H31FN8O/c1-4-5-9-22-17-35(25-23(28)10-15-34(25)19(2)3)26(37)36(22)18-27(11-13-29-14-12-27)21-8-6-7-20(16-21)24-30-32-33-31-24/h6-8,10-17,19,29H,4-5,9,18H2,1-3H3,(H,30,31,32,33). The lowest BCUT2D eigenvalue weighted by Gasteiger charge is -2.31. The molecule has 1 aromatic carbocycles. The van der Waals surface area contributed by atoms with Gasteiger partial charge in [0.25, 0.3) is 0 Å². The molecule has 1 aliphatic rings. The number of hydrogen-bond donors (Lipinski definition) is 2. The first-order chi connectivity index (χ1) is 17.9. The van der Waals surface area contributed by atoms with Crippen LogP contribution in [0.2, 0.25) is 0 Å². The monoisotopic (exact) mass is 502 g/mol. The van der Waals surface area contributed by atoms with Crippen LogP contribution in [-0.4, -0.2) is 34.3 Å². The Morgan fingerprint density at radius 3 is 2.68 bits per heavy atom. The molecule has 37 heavy (non-hydrogen) atoms. The molecule has 9 nitrogen and oxygen atoms in total. The third-order valence-corrected chi connectivity index (χ3v) is 6.85. The van der Waals surface area contributed by atoms with Gasteiger partial charge in [0.05, 0.1) is 5.41 Å². The van der Waals surface area contributed by atoms with Crippen molar-refractivity contribution in [3.05, 3.63) is 94.8 Å². The number of benzene rings is 1. The first-order valence-electron chi connectivity index (χ1n) is 12.6. The average molecular weight is 503 g/mol. The summed E-state index contributed by atoms with van der Waals surface area (Å²) in [6, 6.07) is 9.33. The van der Waals surface area contributed by atoms with Crippen LogP contribution in [0.15, 0.2) is 72.1 Å². The van der Waals surface area contributed by atoms with E-state index in [4.69, 9.17) is 0 Å². The van der Waals surface area contributed by atoms with E-state index >= 15 is 0 Å². The van der Waals surface area contributed by atoms with Crippen molar-refractivity contribution >= 4 is 0 Å². The van der Waals surface area contributed by atoms with Gasteiger partial charge in [0.2, 0.25) is 5.82 Å². The van der Waals surface area contributed by atoms with Crippen LogP contribution in [0.1, 0.15) is 50.9 Å². The number of aromatic amines is 1. The molecule has 1 aliphatic heterocycles. The summed E-state index contributed by atoms with van der Waals surface area (Å²) in [5.41, 5.74) is 1.78. The molecule has 0 unspecified atom stereocenters. The molecule has 0 saturated heterocycles. The van der Waals surface area contributed by atoms with E-state index in [1.807, 2.05) is 62.7 Å². The highest BCUT2D eigenvalue weighted by molar-refractivity contribution is 5.57. The van der Waals surface area contributed by atoms with E-state index in [1.54, 1.807) is 21.5 Å². The van der Waals surface area contributed by atoms with Crippen LogP contribution in [0.4, 0.5) is 4.39 Å². The van der Waals surface area contributed by atoms with E-state index in [9.17, 15) is 9.18 Å². The molecule has 0 bridgehead atoms. The average Bonchev–Trinajstić information content (AvgIpc) is 3.64. The second kappa shape index (κ2) is 10.0. The van der Waals surface area contributed by atoms with Crippen molar-refractivity contribution in [1.29, 1.82) is 0 Å². The zero-order valence-corrected chi connectivity index (χ0v) is 21.2. The van der Waals surface area contributed by atoms with Gasteiger partial charge >= 0.3 is 5.69 Å². The number of aryl methyl sites for hydroxylation is 1. The van der Waals surface area contributed by atoms with Crippen molar-refractivity contribution in [1.82, 2.24) is 39.6 Å². The maximum absolute atomic E-state index is 15.0. The minimum absolute atomic E-state index is 0.00310. The molecule has 0 atom stereocenters. The predicted octanol–water partition coefficient (Wildman–Crippen LogP) is 4.25. The molecule has 4 aromatic rings. The fourth-order valence-electron chi connectivity index (χ4n) is 4.86. The molecule has 0 radical (unpaired) electrons. The highest BCUT2D eigenvalue weighted by atomic mass is 19.1. The van der Waals surface area contributed by atoms with Gasteiger partial charge in [-0.3, -0.25) is 9.13 Å². The Labute approximate surface area is 214 Å². The number of hydrogen-bond acceptors (Lipinski definition) is 5. The van der Waals surface area contributed by atoms with Crippen LogP contribution in [0, 0.1) is 5.82 Å². The van der Waals surface area contributed by atoms with Gasteiger partial charge in [-0.15, -0.1) is 10.2 Å². The number of unbranched alkanes of at least 4 members (excludes halogenated alkanes) is 1. The summed E-state index contributed by atoms with van der Waals surface area (Å²) in [5.74, 6) is 0.344. The lowest BCUT2D eigenvalue weighted by atomic mass is 9.78. The van der Waals surface area contributed by atoms with E-state index in [-0.39, 0.29) is 17.5 Å². The zero-order valence-electron chi connectivity index (χ0n) is 21.2. The first-order valence-corrected chi connectivity index (χ1v) is 12.6.